The quantitative estimate of drug-likeness (QED) is 0.564. The van der Waals surface area contributed by atoms with Crippen molar-refractivity contribution in [3.8, 4) is 17.0 Å². The lowest BCUT2D eigenvalue weighted by Crippen LogP contribution is -2.13. The predicted octanol–water partition coefficient (Wildman–Crippen LogP) is 3.21. The fraction of sp³-hybridized carbons (Fsp3) is 0.353. The Bertz CT molecular complexity index is 914. The van der Waals surface area contributed by atoms with Crippen molar-refractivity contribution < 1.29 is 35.8 Å². The van der Waals surface area contributed by atoms with Crippen LogP contribution in [0.4, 0.5) is 17.6 Å². The number of rotatable bonds is 7. The van der Waals surface area contributed by atoms with Crippen molar-refractivity contribution in [3.05, 3.63) is 47.4 Å². The van der Waals surface area contributed by atoms with E-state index in [9.17, 15) is 26.0 Å². The van der Waals surface area contributed by atoms with Crippen molar-refractivity contribution in [2.24, 2.45) is 0 Å². The Morgan fingerprint density at radius 1 is 1.19 bits per heavy atom. The molecule has 148 valence electrons. The van der Waals surface area contributed by atoms with Gasteiger partial charge in [-0.2, -0.15) is 13.2 Å². The zero-order valence-electron chi connectivity index (χ0n) is 14.3. The molecule has 2 rings (SSSR count). The minimum absolute atomic E-state index is 0.0252. The highest BCUT2D eigenvalue weighted by Gasteiger charge is 2.36. The van der Waals surface area contributed by atoms with Gasteiger partial charge in [-0.1, -0.05) is 6.07 Å². The molecular formula is C17H17F4NO4S. The van der Waals surface area contributed by atoms with E-state index >= 15 is 0 Å². The van der Waals surface area contributed by atoms with Crippen LogP contribution in [-0.4, -0.2) is 37.1 Å². The average molecular weight is 407 g/mol. The number of sulfone groups is 1. The van der Waals surface area contributed by atoms with Crippen molar-refractivity contribution >= 4 is 9.84 Å². The molecule has 1 heterocycles. The summed E-state index contributed by atoms with van der Waals surface area (Å²) in [7, 11) is -3.24. The molecule has 1 aromatic heterocycles. The summed E-state index contributed by atoms with van der Waals surface area (Å²) in [6.07, 6.45) is -2.58. The Hall–Kier alpha value is -2.20. The van der Waals surface area contributed by atoms with E-state index in [1.54, 1.807) is 0 Å². The van der Waals surface area contributed by atoms with Crippen molar-refractivity contribution in [1.82, 2.24) is 4.98 Å². The Kier molecular flexibility index (Phi) is 6.42. The smallest absolute Gasteiger partial charge is 0.421 e. The summed E-state index contributed by atoms with van der Waals surface area (Å²) in [5.74, 6) is -1.55. The van der Waals surface area contributed by atoms with E-state index in [-0.39, 0.29) is 35.5 Å². The molecule has 0 fully saturated rings. The van der Waals surface area contributed by atoms with Gasteiger partial charge in [0.25, 0.3) is 0 Å². The van der Waals surface area contributed by atoms with Gasteiger partial charge in [-0.3, -0.25) is 0 Å². The maximum absolute atomic E-state index is 13.5. The number of ether oxygens (including phenoxy) is 1. The molecule has 2 aromatic rings. The molecule has 0 aliphatic rings. The van der Waals surface area contributed by atoms with Crippen LogP contribution < -0.4 is 4.74 Å². The number of aliphatic hydroxyl groups excluding tert-OH is 1. The van der Waals surface area contributed by atoms with Crippen LogP contribution in [0.15, 0.2) is 30.5 Å². The summed E-state index contributed by atoms with van der Waals surface area (Å²) >= 11 is 0. The van der Waals surface area contributed by atoms with Crippen LogP contribution in [-0.2, 0) is 22.6 Å². The molecule has 0 atom stereocenters. The van der Waals surface area contributed by atoms with E-state index in [0.717, 1.165) is 24.6 Å². The van der Waals surface area contributed by atoms with Gasteiger partial charge in [-0.05, 0) is 30.2 Å². The highest BCUT2D eigenvalue weighted by Crippen LogP contribution is 2.37. The highest BCUT2D eigenvalue weighted by atomic mass is 32.2. The minimum atomic E-state index is -4.75. The molecule has 1 aromatic carbocycles. The molecule has 0 saturated heterocycles. The lowest BCUT2D eigenvalue weighted by molar-refractivity contribution is -0.139. The Morgan fingerprint density at radius 3 is 2.48 bits per heavy atom. The minimum Gasteiger partial charge on any atom is -0.477 e. The molecule has 0 unspecified atom stereocenters. The third-order valence-electron chi connectivity index (χ3n) is 3.60. The number of nitrogens with zero attached hydrogens (tertiary/aromatic N) is 1. The molecule has 5 nitrogen and oxygen atoms in total. The predicted molar refractivity (Wildman–Crippen MR) is 90.4 cm³/mol. The maximum Gasteiger partial charge on any atom is 0.421 e. The second kappa shape index (κ2) is 8.22. The normalized spacial score (nSPS) is 12.2. The monoisotopic (exact) mass is 407 g/mol. The molecule has 0 amide bonds. The Labute approximate surface area is 153 Å². The summed E-state index contributed by atoms with van der Waals surface area (Å²) in [6.45, 7) is -0.839. The van der Waals surface area contributed by atoms with Crippen LogP contribution in [0.5, 0.6) is 5.88 Å². The zero-order valence-corrected chi connectivity index (χ0v) is 15.1. The summed E-state index contributed by atoms with van der Waals surface area (Å²) in [5, 5.41) is 9.10. The molecule has 0 spiro atoms. The number of aliphatic hydroxyl groups is 1. The van der Waals surface area contributed by atoms with Gasteiger partial charge in [0.1, 0.15) is 21.2 Å². The number of hydrogen-bond donors (Lipinski definition) is 1. The number of benzene rings is 1. The molecule has 0 aliphatic heterocycles. The van der Waals surface area contributed by atoms with Crippen molar-refractivity contribution in [2.75, 3.05) is 18.6 Å². The maximum atomic E-state index is 13.5. The summed E-state index contributed by atoms with van der Waals surface area (Å²) in [4.78, 5) is 3.69. The van der Waals surface area contributed by atoms with Gasteiger partial charge in [0.05, 0.1) is 19.0 Å². The van der Waals surface area contributed by atoms with Crippen molar-refractivity contribution in [3.63, 3.8) is 0 Å². The summed E-state index contributed by atoms with van der Waals surface area (Å²) in [6, 6.07) is 4.37. The van der Waals surface area contributed by atoms with Gasteiger partial charge in [0, 0.05) is 23.6 Å². The van der Waals surface area contributed by atoms with E-state index in [4.69, 9.17) is 9.84 Å². The van der Waals surface area contributed by atoms with Gasteiger partial charge in [-0.15, -0.1) is 0 Å². The molecule has 10 heteroatoms. The van der Waals surface area contributed by atoms with Gasteiger partial charge >= 0.3 is 6.18 Å². The molecule has 0 bridgehead atoms. The molecule has 27 heavy (non-hydrogen) atoms. The van der Waals surface area contributed by atoms with Crippen LogP contribution in [0.3, 0.4) is 0 Å². The van der Waals surface area contributed by atoms with Crippen LogP contribution in [0.1, 0.15) is 17.5 Å². The zero-order chi connectivity index (χ0) is 20.2. The van der Waals surface area contributed by atoms with Gasteiger partial charge < -0.3 is 9.84 Å². The number of halogens is 4. The molecule has 1 N–H and O–H groups in total. The fourth-order valence-electron chi connectivity index (χ4n) is 2.29. The molecule has 0 aliphatic carbocycles. The first kappa shape index (κ1) is 21.1. The second-order valence-electron chi connectivity index (χ2n) is 5.87. The van der Waals surface area contributed by atoms with E-state index in [1.807, 2.05) is 0 Å². The SMILES string of the molecule is CS(=O)(=O)CCCOc1ncc(-c2ccc(F)c(CO)c2)cc1C(F)(F)F. The lowest BCUT2D eigenvalue weighted by atomic mass is 10.0. The number of pyridine rings is 1. The van der Waals surface area contributed by atoms with E-state index < -0.39 is 39.9 Å². The summed E-state index contributed by atoms with van der Waals surface area (Å²) in [5.41, 5.74) is -0.862. The van der Waals surface area contributed by atoms with Crippen molar-refractivity contribution in [2.45, 2.75) is 19.2 Å². The second-order valence-corrected chi connectivity index (χ2v) is 8.13. The van der Waals surface area contributed by atoms with Gasteiger partial charge in [0.15, 0.2) is 0 Å². The first-order valence-electron chi connectivity index (χ1n) is 7.78. The van der Waals surface area contributed by atoms with Crippen LogP contribution in [0.25, 0.3) is 11.1 Å². The number of aromatic nitrogens is 1. The van der Waals surface area contributed by atoms with Crippen molar-refractivity contribution in [1.29, 1.82) is 0 Å². The van der Waals surface area contributed by atoms with Crippen LogP contribution in [0.2, 0.25) is 0 Å². The molecule has 0 radical (unpaired) electrons. The molecular weight excluding hydrogens is 390 g/mol. The van der Waals surface area contributed by atoms with E-state index in [2.05, 4.69) is 4.98 Å². The Morgan fingerprint density at radius 2 is 1.89 bits per heavy atom. The van der Waals surface area contributed by atoms with E-state index in [1.165, 1.54) is 12.1 Å². The largest absolute Gasteiger partial charge is 0.477 e. The van der Waals surface area contributed by atoms with Crippen LogP contribution in [0, 0.1) is 5.82 Å². The first-order valence-corrected chi connectivity index (χ1v) is 9.85. The average Bonchev–Trinajstić information content (AvgIpc) is 2.57. The molecule has 0 saturated carbocycles. The Balaban J connectivity index is 2.30. The van der Waals surface area contributed by atoms with Gasteiger partial charge in [-0.25, -0.2) is 17.8 Å². The lowest BCUT2D eigenvalue weighted by Gasteiger charge is -2.14. The highest BCUT2D eigenvalue weighted by molar-refractivity contribution is 7.90. The standard InChI is InChI=1S/C17H17F4NO4S/c1-27(24,25)6-2-5-26-16-14(17(19,20)21)8-12(9-22-16)11-3-4-15(18)13(7-11)10-23/h3-4,7-9,23H,2,5-6,10H2,1H3. The first-order chi connectivity index (χ1) is 12.5. The summed E-state index contributed by atoms with van der Waals surface area (Å²) < 4.78 is 80.6. The van der Waals surface area contributed by atoms with E-state index in [0.29, 0.717) is 0 Å². The van der Waals surface area contributed by atoms with Gasteiger partial charge in [0.2, 0.25) is 5.88 Å². The fourth-order valence-corrected chi connectivity index (χ4v) is 2.94. The third kappa shape index (κ3) is 5.90. The third-order valence-corrected chi connectivity index (χ3v) is 4.63. The topological polar surface area (TPSA) is 76.5 Å². The van der Waals surface area contributed by atoms with Crippen LogP contribution >= 0.6 is 0 Å². The number of hydrogen-bond acceptors (Lipinski definition) is 5. The number of alkyl halides is 3.